The van der Waals surface area contributed by atoms with Gasteiger partial charge in [-0.05, 0) is 19.1 Å². The third kappa shape index (κ3) is 1.52. The number of aromatic amines is 1. The van der Waals surface area contributed by atoms with Gasteiger partial charge >= 0.3 is 0 Å². The number of rotatable bonds is 2. The first-order valence-electron chi connectivity index (χ1n) is 5.93. The molecule has 0 spiro atoms. The highest BCUT2D eigenvalue weighted by Gasteiger charge is 2.40. The van der Waals surface area contributed by atoms with Crippen LogP contribution < -0.4 is 0 Å². The number of benzene rings is 1. The molecule has 0 bridgehead atoms. The summed E-state index contributed by atoms with van der Waals surface area (Å²) in [6.45, 7) is 1.64. The number of nitriles is 1. The van der Waals surface area contributed by atoms with Gasteiger partial charge in [-0.25, -0.2) is 0 Å². The maximum Gasteiger partial charge on any atom is 0.262 e. The minimum absolute atomic E-state index is 0.0778. The molecule has 1 N–H and O–H groups in total. The van der Waals surface area contributed by atoms with E-state index in [0.717, 1.165) is 4.90 Å². The SMILES string of the molecule is CC(c1n[nH]nc1C#N)N1C(=O)c2ccccc2C1=O. The summed E-state index contributed by atoms with van der Waals surface area (Å²) in [4.78, 5) is 25.7. The molecule has 3 rings (SSSR count). The highest BCUT2D eigenvalue weighted by Crippen LogP contribution is 2.30. The first-order valence-corrected chi connectivity index (χ1v) is 5.93. The lowest BCUT2D eigenvalue weighted by molar-refractivity contribution is 0.0592. The van der Waals surface area contributed by atoms with E-state index in [4.69, 9.17) is 5.26 Å². The Morgan fingerprint density at radius 2 is 1.80 bits per heavy atom. The average molecular weight is 267 g/mol. The Balaban J connectivity index is 2.03. The summed E-state index contributed by atoms with van der Waals surface area (Å²) in [5, 5.41) is 18.8. The van der Waals surface area contributed by atoms with E-state index in [-0.39, 0.29) is 23.2 Å². The molecule has 0 aliphatic carbocycles. The second kappa shape index (κ2) is 4.28. The number of amides is 2. The van der Waals surface area contributed by atoms with E-state index in [9.17, 15) is 9.59 Å². The molecule has 1 aliphatic rings. The zero-order valence-corrected chi connectivity index (χ0v) is 10.5. The van der Waals surface area contributed by atoms with Crippen LogP contribution in [-0.4, -0.2) is 32.1 Å². The topological polar surface area (TPSA) is 103 Å². The minimum atomic E-state index is -0.657. The van der Waals surface area contributed by atoms with Gasteiger partial charge in [0.25, 0.3) is 11.8 Å². The summed E-state index contributed by atoms with van der Waals surface area (Å²) >= 11 is 0. The van der Waals surface area contributed by atoms with E-state index in [2.05, 4.69) is 15.4 Å². The van der Waals surface area contributed by atoms with Gasteiger partial charge in [-0.1, -0.05) is 12.1 Å². The number of hydrogen-bond acceptors (Lipinski definition) is 5. The number of hydrogen-bond donors (Lipinski definition) is 1. The molecule has 1 aromatic heterocycles. The van der Waals surface area contributed by atoms with E-state index in [0.29, 0.717) is 11.1 Å². The highest BCUT2D eigenvalue weighted by atomic mass is 16.2. The molecule has 0 radical (unpaired) electrons. The Bertz CT molecular complexity index is 723. The maximum absolute atomic E-state index is 12.3. The molecule has 2 aromatic rings. The van der Waals surface area contributed by atoms with Crippen molar-refractivity contribution in [2.24, 2.45) is 0 Å². The monoisotopic (exact) mass is 267 g/mol. The van der Waals surface area contributed by atoms with Crippen molar-refractivity contribution in [3.8, 4) is 6.07 Å². The van der Waals surface area contributed by atoms with Crippen molar-refractivity contribution in [3.63, 3.8) is 0 Å². The molecule has 1 aliphatic heterocycles. The minimum Gasteiger partial charge on any atom is -0.269 e. The molecule has 1 unspecified atom stereocenters. The van der Waals surface area contributed by atoms with Crippen LogP contribution in [0.5, 0.6) is 0 Å². The first-order chi connectivity index (χ1) is 9.65. The second-order valence-electron chi connectivity index (χ2n) is 4.37. The maximum atomic E-state index is 12.3. The third-order valence-corrected chi connectivity index (χ3v) is 3.29. The van der Waals surface area contributed by atoms with Crippen molar-refractivity contribution >= 4 is 11.8 Å². The van der Waals surface area contributed by atoms with Gasteiger partial charge in [0.2, 0.25) is 0 Å². The van der Waals surface area contributed by atoms with Crippen molar-refractivity contribution in [3.05, 3.63) is 46.8 Å². The number of carbonyl (C=O) groups is 2. The Morgan fingerprint density at radius 1 is 1.20 bits per heavy atom. The lowest BCUT2D eigenvalue weighted by atomic mass is 10.1. The van der Waals surface area contributed by atoms with Crippen molar-refractivity contribution in [1.29, 1.82) is 5.26 Å². The molecular formula is C13H9N5O2. The Hall–Kier alpha value is -3.01. The van der Waals surface area contributed by atoms with Crippen molar-refractivity contribution in [2.45, 2.75) is 13.0 Å². The number of carbonyl (C=O) groups excluding carboxylic acids is 2. The fourth-order valence-electron chi connectivity index (χ4n) is 2.29. The van der Waals surface area contributed by atoms with Crippen LogP contribution >= 0.6 is 0 Å². The summed E-state index contributed by atoms with van der Waals surface area (Å²) in [5.41, 5.74) is 1.09. The summed E-state index contributed by atoms with van der Waals surface area (Å²) in [6.07, 6.45) is 0. The van der Waals surface area contributed by atoms with E-state index in [1.54, 1.807) is 31.2 Å². The van der Waals surface area contributed by atoms with Gasteiger partial charge in [-0.3, -0.25) is 14.5 Å². The molecule has 7 heteroatoms. The molecular weight excluding hydrogens is 258 g/mol. The van der Waals surface area contributed by atoms with Crippen LogP contribution in [0.4, 0.5) is 0 Å². The molecule has 20 heavy (non-hydrogen) atoms. The largest absolute Gasteiger partial charge is 0.269 e. The smallest absolute Gasteiger partial charge is 0.262 e. The van der Waals surface area contributed by atoms with E-state index in [1.807, 2.05) is 6.07 Å². The van der Waals surface area contributed by atoms with Gasteiger partial charge in [0.05, 0.1) is 17.2 Å². The van der Waals surface area contributed by atoms with Crippen LogP contribution in [-0.2, 0) is 0 Å². The van der Waals surface area contributed by atoms with Crippen LogP contribution in [0.2, 0.25) is 0 Å². The third-order valence-electron chi connectivity index (χ3n) is 3.29. The summed E-state index contributed by atoms with van der Waals surface area (Å²) in [6, 6.07) is 7.84. The predicted octanol–water partition coefficient (Wildman–Crippen LogP) is 1.03. The average Bonchev–Trinajstić information content (AvgIpc) is 3.03. The van der Waals surface area contributed by atoms with Gasteiger partial charge in [-0.15, -0.1) is 5.10 Å². The van der Waals surface area contributed by atoms with E-state index in [1.165, 1.54) is 0 Å². The molecule has 0 saturated heterocycles. The second-order valence-corrected chi connectivity index (χ2v) is 4.37. The van der Waals surface area contributed by atoms with Gasteiger partial charge in [0, 0.05) is 0 Å². The Labute approximate surface area is 113 Å². The van der Waals surface area contributed by atoms with Crippen LogP contribution in [0.15, 0.2) is 24.3 Å². The lowest BCUT2D eigenvalue weighted by Crippen LogP contribution is -2.33. The van der Waals surface area contributed by atoms with Gasteiger partial charge in [0.15, 0.2) is 5.69 Å². The number of imide groups is 1. The summed E-state index contributed by atoms with van der Waals surface area (Å²) in [5.74, 6) is -0.769. The number of nitrogens with zero attached hydrogens (tertiary/aromatic N) is 4. The van der Waals surface area contributed by atoms with Gasteiger partial charge in [0.1, 0.15) is 11.8 Å². The van der Waals surface area contributed by atoms with Crippen molar-refractivity contribution in [2.75, 3.05) is 0 Å². The number of aromatic nitrogens is 3. The molecule has 2 amide bonds. The highest BCUT2D eigenvalue weighted by molar-refractivity contribution is 6.21. The molecule has 98 valence electrons. The van der Waals surface area contributed by atoms with Crippen molar-refractivity contribution in [1.82, 2.24) is 20.3 Å². The molecule has 1 aromatic carbocycles. The fraction of sp³-hybridized carbons (Fsp3) is 0.154. The number of H-pyrrole nitrogens is 1. The lowest BCUT2D eigenvalue weighted by Gasteiger charge is -2.20. The molecule has 0 fully saturated rings. The molecule has 1 atom stereocenters. The van der Waals surface area contributed by atoms with E-state index >= 15 is 0 Å². The molecule has 7 nitrogen and oxygen atoms in total. The van der Waals surface area contributed by atoms with Gasteiger partial charge < -0.3 is 0 Å². The number of nitrogens with one attached hydrogen (secondary N) is 1. The van der Waals surface area contributed by atoms with Crippen LogP contribution in [0.25, 0.3) is 0 Å². The quantitative estimate of drug-likeness (QED) is 0.818. The van der Waals surface area contributed by atoms with Crippen LogP contribution in [0.1, 0.15) is 45.1 Å². The zero-order chi connectivity index (χ0) is 14.3. The summed E-state index contributed by atoms with van der Waals surface area (Å²) < 4.78 is 0. The summed E-state index contributed by atoms with van der Waals surface area (Å²) in [7, 11) is 0. The van der Waals surface area contributed by atoms with Crippen LogP contribution in [0.3, 0.4) is 0 Å². The predicted molar refractivity (Wildman–Crippen MR) is 66.5 cm³/mol. The van der Waals surface area contributed by atoms with Crippen molar-refractivity contribution < 1.29 is 9.59 Å². The molecule has 2 heterocycles. The Morgan fingerprint density at radius 3 is 2.35 bits per heavy atom. The first kappa shape index (κ1) is 12.0. The van der Waals surface area contributed by atoms with E-state index < -0.39 is 6.04 Å². The van der Waals surface area contributed by atoms with Gasteiger partial charge in [-0.2, -0.15) is 15.6 Å². The molecule has 0 saturated carbocycles. The number of fused-ring (bicyclic) bond motifs is 1. The Kier molecular flexibility index (Phi) is 2.57. The standard InChI is InChI=1S/C13H9N5O2/c1-7(11-10(6-14)15-17-16-11)18-12(19)8-4-2-3-5-9(8)13(18)20/h2-5,7H,1H3,(H,15,16,17). The normalized spacial score (nSPS) is 15.1. The fourth-order valence-corrected chi connectivity index (χ4v) is 2.29. The zero-order valence-electron chi connectivity index (χ0n) is 10.5. The van der Waals surface area contributed by atoms with Crippen LogP contribution in [0, 0.1) is 11.3 Å².